The highest BCUT2D eigenvalue weighted by molar-refractivity contribution is 5.46. The van der Waals surface area contributed by atoms with Crippen molar-refractivity contribution < 1.29 is 4.42 Å². The van der Waals surface area contributed by atoms with E-state index in [1.54, 1.807) is 0 Å². The van der Waals surface area contributed by atoms with Gasteiger partial charge in [0.2, 0.25) is 0 Å². The van der Waals surface area contributed by atoms with Crippen molar-refractivity contribution in [1.82, 2.24) is 4.98 Å². The molecule has 1 aromatic rings. The highest BCUT2D eigenvalue weighted by Crippen LogP contribution is 2.19. The number of allylic oxidation sites excluding steroid dienone is 1. The maximum Gasteiger partial charge on any atom is 0.195 e. The van der Waals surface area contributed by atoms with Crippen LogP contribution >= 0.6 is 0 Å². The molecule has 0 N–H and O–H groups in total. The Hall–Kier alpha value is -1.05. The number of aromatic nitrogens is 1. The third-order valence-electron chi connectivity index (χ3n) is 2.29. The van der Waals surface area contributed by atoms with Crippen LogP contribution in [-0.4, -0.2) is 4.98 Å². The molecule has 2 heteroatoms. The van der Waals surface area contributed by atoms with Crippen LogP contribution in [0, 0.1) is 0 Å². The van der Waals surface area contributed by atoms with Crippen LogP contribution in [0.2, 0.25) is 0 Å². The molecule has 1 aliphatic carbocycles. The fraction of sp³-hybridized carbons (Fsp3) is 0.545. The van der Waals surface area contributed by atoms with E-state index >= 15 is 0 Å². The molecule has 0 amide bonds. The summed E-state index contributed by atoms with van der Waals surface area (Å²) in [6.07, 6.45) is 9.71. The first kappa shape index (κ1) is 8.54. The summed E-state index contributed by atoms with van der Waals surface area (Å²) in [5, 5.41) is 0. The van der Waals surface area contributed by atoms with E-state index in [0.29, 0.717) is 0 Å². The molecule has 0 aliphatic heterocycles. The lowest BCUT2D eigenvalue weighted by molar-refractivity contribution is 0.484. The third-order valence-corrected chi connectivity index (χ3v) is 2.29. The van der Waals surface area contributed by atoms with Gasteiger partial charge < -0.3 is 4.42 Å². The predicted octanol–water partition coefficient (Wildman–Crippen LogP) is 2.98. The molecule has 0 unspecified atom stereocenters. The minimum Gasteiger partial charge on any atom is -0.441 e. The van der Waals surface area contributed by atoms with Gasteiger partial charge in [-0.3, -0.25) is 0 Å². The topological polar surface area (TPSA) is 26.0 Å². The minimum absolute atomic E-state index is 0.902. The smallest absolute Gasteiger partial charge is 0.195 e. The number of oxazole rings is 1. The fourth-order valence-corrected chi connectivity index (χ4v) is 1.62. The van der Waals surface area contributed by atoms with E-state index in [4.69, 9.17) is 4.42 Å². The molecular formula is C11H15NO. The van der Waals surface area contributed by atoms with Gasteiger partial charge in [0.15, 0.2) is 5.89 Å². The van der Waals surface area contributed by atoms with Gasteiger partial charge >= 0.3 is 0 Å². The molecule has 0 saturated heterocycles. The second-order valence-electron chi connectivity index (χ2n) is 3.46. The van der Waals surface area contributed by atoms with E-state index in [2.05, 4.69) is 24.1 Å². The summed E-state index contributed by atoms with van der Waals surface area (Å²) in [6, 6.07) is 0. The number of aryl methyl sites for hydroxylation is 2. The maximum atomic E-state index is 5.63. The molecule has 2 rings (SSSR count). The molecule has 0 radical (unpaired) electrons. The van der Waals surface area contributed by atoms with E-state index in [-0.39, 0.29) is 0 Å². The van der Waals surface area contributed by atoms with Gasteiger partial charge in [-0.1, -0.05) is 13.0 Å². The molecule has 0 aromatic carbocycles. The van der Waals surface area contributed by atoms with Crippen LogP contribution in [0.3, 0.4) is 0 Å². The molecule has 2 nitrogen and oxygen atoms in total. The van der Waals surface area contributed by atoms with Crippen molar-refractivity contribution in [3.63, 3.8) is 0 Å². The average Bonchev–Trinajstić information content (AvgIpc) is 2.37. The molecule has 0 atom stereocenters. The first-order valence-electron chi connectivity index (χ1n) is 5.05. The summed E-state index contributed by atoms with van der Waals surface area (Å²) in [5.74, 6) is 1.89. The lowest BCUT2D eigenvalue weighted by Gasteiger charge is -1.89. The van der Waals surface area contributed by atoms with Crippen molar-refractivity contribution in [2.45, 2.75) is 39.0 Å². The SMILES string of the molecule is CCCc1nc2c(o1)C=CCCC2. The number of hydrogen-bond donors (Lipinski definition) is 0. The van der Waals surface area contributed by atoms with E-state index in [9.17, 15) is 0 Å². The Kier molecular flexibility index (Phi) is 2.48. The zero-order valence-corrected chi connectivity index (χ0v) is 8.05. The Balaban J connectivity index is 2.26. The van der Waals surface area contributed by atoms with Gasteiger partial charge in [0.05, 0.1) is 5.69 Å². The van der Waals surface area contributed by atoms with Crippen molar-refractivity contribution in [3.8, 4) is 0 Å². The predicted molar refractivity (Wildman–Crippen MR) is 52.5 cm³/mol. The van der Waals surface area contributed by atoms with Gasteiger partial charge in [0, 0.05) is 6.42 Å². The van der Waals surface area contributed by atoms with Crippen molar-refractivity contribution >= 4 is 6.08 Å². The first-order valence-corrected chi connectivity index (χ1v) is 5.05. The van der Waals surface area contributed by atoms with Gasteiger partial charge in [-0.15, -0.1) is 0 Å². The zero-order valence-electron chi connectivity index (χ0n) is 8.05. The summed E-state index contributed by atoms with van der Waals surface area (Å²) >= 11 is 0. The van der Waals surface area contributed by atoms with Gasteiger partial charge in [-0.25, -0.2) is 4.98 Å². The second-order valence-corrected chi connectivity index (χ2v) is 3.46. The van der Waals surface area contributed by atoms with Crippen molar-refractivity contribution in [1.29, 1.82) is 0 Å². The molecule has 1 aliphatic rings. The highest BCUT2D eigenvalue weighted by atomic mass is 16.4. The number of nitrogens with zero attached hydrogens (tertiary/aromatic N) is 1. The summed E-state index contributed by atoms with van der Waals surface area (Å²) in [6.45, 7) is 2.14. The van der Waals surface area contributed by atoms with Crippen LogP contribution in [0.5, 0.6) is 0 Å². The Morgan fingerprint density at radius 3 is 3.31 bits per heavy atom. The minimum atomic E-state index is 0.902. The van der Waals surface area contributed by atoms with Gasteiger partial charge in [-0.05, 0) is 31.8 Å². The molecule has 13 heavy (non-hydrogen) atoms. The Bertz CT molecular complexity index is 312. The Labute approximate surface area is 78.7 Å². The number of fused-ring (bicyclic) bond motifs is 1. The van der Waals surface area contributed by atoms with E-state index < -0.39 is 0 Å². The van der Waals surface area contributed by atoms with Crippen LogP contribution < -0.4 is 0 Å². The normalized spacial score (nSPS) is 15.5. The van der Waals surface area contributed by atoms with Crippen LogP contribution in [0.15, 0.2) is 10.5 Å². The maximum absolute atomic E-state index is 5.63. The summed E-state index contributed by atoms with van der Waals surface area (Å²) in [7, 11) is 0. The lowest BCUT2D eigenvalue weighted by atomic mass is 10.2. The Morgan fingerprint density at radius 2 is 2.46 bits per heavy atom. The van der Waals surface area contributed by atoms with Crippen molar-refractivity contribution in [2.75, 3.05) is 0 Å². The molecule has 70 valence electrons. The number of hydrogen-bond acceptors (Lipinski definition) is 2. The van der Waals surface area contributed by atoms with E-state index in [0.717, 1.165) is 43.0 Å². The zero-order chi connectivity index (χ0) is 9.10. The quantitative estimate of drug-likeness (QED) is 0.694. The van der Waals surface area contributed by atoms with Crippen LogP contribution in [0.25, 0.3) is 6.08 Å². The van der Waals surface area contributed by atoms with E-state index in [1.807, 2.05) is 0 Å². The largest absolute Gasteiger partial charge is 0.441 e. The number of rotatable bonds is 2. The Morgan fingerprint density at radius 1 is 1.54 bits per heavy atom. The van der Waals surface area contributed by atoms with Crippen LogP contribution in [0.4, 0.5) is 0 Å². The molecule has 1 aromatic heterocycles. The summed E-state index contributed by atoms with van der Waals surface area (Å²) < 4.78 is 5.63. The molecule has 0 bridgehead atoms. The molecule has 0 saturated carbocycles. The molecule has 1 heterocycles. The van der Waals surface area contributed by atoms with Crippen molar-refractivity contribution in [3.05, 3.63) is 23.4 Å². The average molecular weight is 177 g/mol. The van der Waals surface area contributed by atoms with E-state index in [1.165, 1.54) is 6.42 Å². The lowest BCUT2D eigenvalue weighted by Crippen LogP contribution is -1.87. The second kappa shape index (κ2) is 3.77. The molecular weight excluding hydrogens is 162 g/mol. The van der Waals surface area contributed by atoms with Gasteiger partial charge in [-0.2, -0.15) is 0 Å². The van der Waals surface area contributed by atoms with Crippen LogP contribution in [0.1, 0.15) is 43.5 Å². The monoisotopic (exact) mass is 177 g/mol. The highest BCUT2D eigenvalue weighted by Gasteiger charge is 2.11. The fourth-order valence-electron chi connectivity index (χ4n) is 1.62. The summed E-state index contributed by atoms with van der Waals surface area (Å²) in [4.78, 5) is 4.48. The van der Waals surface area contributed by atoms with Gasteiger partial charge in [0.25, 0.3) is 0 Å². The van der Waals surface area contributed by atoms with Crippen LogP contribution in [-0.2, 0) is 12.8 Å². The first-order chi connectivity index (χ1) is 6.40. The van der Waals surface area contributed by atoms with Crippen molar-refractivity contribution in [2.24, 2.45) is 0 Å². The van der Waals surface area contributed by atoms with Gasteiger partial charge in [0.1, 0.15) is 5.76 Å². The summed E-state index contributed by atoms with van der Waals surface area (Å²) in [5.41, 5.74) is 1.15. The third kappa shape index (κ3) is 1.82. The standard InChI is InChI=1S/C11H15NO/c1-2-6-11-12-9-7-4-3-5-8-10(9)13-11/h5,8H,2-4,6-7H2,1H3. The molecule has 0 spiro atoms. The molecule has 0 fully saturated rings.